The molecule has 3 heteroatoms. The van der Waals surface area contributed by atoms with Gasteiger partial charge in [0.05, 0.1) is 13.2 Å². The number of furan rings is 1. The smallest absolute Gasteiger partial charge is 0.118 e. The lowest BCUT2D eigenvalue weighted by molar-refractivity contribution is 0.155. The summed E-state index contributed by atoms with van der Waals surface area (Å²) in [4.78, 5) is 2.33. The van der Waals surface area contributed by atoms with Crippen molar-refractivity contribution >= 4 is 0 Å². The highest BCUT2D eigenvalue weighted by Crippen LogP contribution is 2.34. The van der Waals surface area contributed by atoms with Gasteiger partial charge in [0.25, 0.3) is 0 Å². The van der Waals surface area contributed by atoms with E-state index in [2.05, 4.69) is 48.3 Å². The minimum Gasteiger partial charge on any atom is -0.465 e. The molecule has 1 fully saturated rings. The third-order valence-corrected chi connectivity index (χ3v) is 4.28. The summed E-state index contributed by atoms with van der Waals surface area (Å²) in [6.07, 6.45) is 1.08. The van der Waals surface area contributed by atoms with Crippen LogP contribution in [0.5, 0.6) is 0 Å². The van der Waals surface area contributed by atoms with Crippen LogP contribution in [0.15, 0.2) is 46.9 Å². The second-order valence-corrected chi connectivity index (χ2v) is 6.13. The minimum absolute atomic E-state index is 0.109. The van der Waals surface area contributed by atoms with E-state index in [9.17, 15) is 0 Å². The van der Waals surface area contributed by atoms with Crippen molar-refractivity contribution in [2.24, 2.45) is 0 Å². The lowest BCUT2D eigenvalue weighted by Gasteiger charge is -2.32. The molecule has 0 bridgehead atoms. The highest BCUT2D eigenvalue weighted by atomic mass is 16.5. The monoisotopic (exact) mass is 285 g/mol. The van der Waals surface area contributed by atoms with E-state index in [4.69, 9.17) is 9.15 Å². The Balaban J connectivity index is 1.73. The summed E-state index contributed by atoms with van der Waals surface area (Å²) < 4.78 is 11.4. The van der Waals surface area contributed by atoms with Gasteiger partial charge in [0.1, 0.15) is 11.5 Å². The van der Waals surface area contributed by atoms with Gasteiger partial charge in [-0.15, -0.1) is 0 Å². The third-order valence-electron chi connectivity index (χ3n) is 4.28. The molecular weight excluding hydrogens is 262 g/mol. The Labute approximate surface area is 126 Å². The lowest BCUT2D eigenvalue weighted by atomic mass is 9.79. The van der Waals surface area contributed by atoms with Gasteiger partial charge in [-0.25, -0.2) is 0 Å². The van der Waals surface area contributed by atoms with E-state index in [0.717, 1.165) is 44.2 Å². The molecule has 1 aliphatic rings. The largest absolute Gasteiger partial charge is 0.465 e. The molecule has 1 aromatic carbocycles. The average molecular weight is 285 g/mol. The number of aryl methyl sites for hydroxylation is 1. The number of benzene rings is 1. The van der Waals surface area contributed by atoms with E-state index >= 15 is 0 Å². The first-order chi connectivity index (χ1) is 10.2. The molecule has 0 N–H and O–H groups in total. The molecule has 3 rings (SSSR count). The zero-order chi connectivity index (χ0) is 14.7. The fourth-order valence-corrected chi connectivity index (χ4v) is 3.25. The molecule has 3 nitrogen and oxygen atoms in total. The average Bonchev–Trinajstić information content (AvgIpc) is 3.10. The second kappa shape index (κ2) is 6.04. The first-order valence-corrected chi connectivity index (χ1v) is 7.55. The predicted molar refractivity (Wildman–Crippen MR) is 83.3 cm³/mol. The number of rotatable bonds is 5. The molecule has 2 heterocycles. The van der Waals surface area contributed by atoms with E-state index in [-0.39, 0.29) is 5.41 Å². The Hall–Kier alpha value is -1.58. The van der Waals surface area contributed by atoms with Gasteiger partial charge in [0.2, 0.25) is 0 Å². The normalized spacial score (nSPS) is 22.0. The van der Waals surface area contributed by atoms with E-state index in [1.165, 1.54) is 5.56 Å². The van der Waals surface area contributed by atoms with Gasteiger partial charge in [0.15, 0.2) is 0 Å². The van der Waals surface area contributed by atoms with E-state index in [0.29, 0.717) is 0 Å². The summed E-state index contributed by atoms with van der Waals surface area (Å²) in [7, 11) is 2.15. The Kier molecular flexibility index (Phi) is 4.13. The van der Waals surface area contributed by atoms with E-state index in [1.807, 2.05) is 13.0 Å². The van der Waals surface area contributed by atoms with Crippen LogP contribution in [0.25, 0.3) is 0 Å². The zero-order valence-electron chi connectivity index (χ0n) is 12.8. The fourth-order valence-electron chi connectivity index (χ4n) is 3.25. The molecule has 1 aromatic heterocycles. The summed E-state index contributed by atoms with van der Waals surface area (Å²) in [5.41, 5.74) is 1.49. The summed E-state index contributed by atoms with van der Waals surface area (Å²) >= 11 is 0. The number of likely N-dealkylation sites (N-methyl/N-ethyl adjacent to an activating group) is 1. The molecule has 112 valence electrons. The Bertz CT molecular complexity index is 570. The van der Waals surface area contributed by atoms with Crippen molar-refractivity contribution < 1.29 is 9.15 Å². The van der Waals surface area contributed by atoms with Gasteiger partial charge in [0, 0.05) is 18.6 Å². The topological polar surface area (TPSA) is 25.6 Å². The molecule has 0 amide bonds. The predicted octanol–water partition coefficient (Wildman–Crippen LogP) is 3.38. The molecule has 0 saturated carbocycles. The zero-order valence-corrected chi connectivity index (χ0v) is 12.8. The molecule has 2 aromatic rings. The van der Waals surface area contributed by atoms with Crippen LogP contribution < -0.4 is 0 Å². The van der Waals surface area contributed by atoms with Crippen molar-refractivity contribution in [1.82, 2.24) is 4.90 Å². The van der Waals surface area contributed by atoms with Gasteiger partial charge in [-0.05, 0) is 38.1 Å². The maximum absolute atomic E-state index is 5.72. The van der Waals surface area contributed by atoms with Crippen molar-refractivity contribution in [1.29, 1.82) is 0 Å². The Morgan fingerprint density at radius 3 is 2.57 bits per heavy atom. The summed E-state index contributed by atoms with van der Waals surface area (Å²) in [6.45, 7) is 5.46. The molecule has 0 unspecified atom stereocenters. The molecule has 0 aliphatic carbocycles. The first kappa shape index (κ1) is 14.4. The number of hydrogen-bond acceptors (Lipinski definition) is 3. The van der Waals surface area contributed by atoms with E-state index < -0.39 is 0 Å². The number of ether oxygens (including phenoxy) is 1. The standard InChI is InChI=1S/C18H23NO2/c1-15-8-9-17(21-15)12-19(2)13-18(10-11-20-14-18)16-6-4-3-5-7-16/h3-9H,10-14H2,1-2H3/t18-/m0/s1. The minimum atomic E-state index is 0.109. The summed E-state index contributed by atoms with van der Waals surface area (Å²) in [5.74, 6) is 2.00. The molecular formula is C18H23NO2. The van der Waals surface area contributed by atoms with Gasteiger partial charge < -0.3 is 9.15 Å². The molecule has 21 heavy (non-hydrogen) atoms. The van der Waals surface area contributed by atoms with Crippen molar-refractivity contribution in [2.75, 3.05) is 26.8 Å². The van der Waals surface area contributed by atoms with Crippen molar-refractivity contribution in [2.45, 2.75) is 25.3 Å². The first-order valence-electron chi connectivity index (χ1n) is 7.55. The van der Waals surface area contributed by atoms with Gasteiger partial charge in [-0.2, -0.15) is 0 Å². The van der Waals surface area contributed by atoms with Crippen LogP contribution in [-0.2, 0) is 16.7 Å². The van der Waals surface area contributed by atoms with Crippen molar-refractivity contribution in [3.63, 3.8) is 0 Å². The Morgan fingerprint density at radius 1 is 1.14 bits per heavy atom. The third kappa shape index (κ3) is 3.20. The molecule has 1 atom stereocenters. The fraction of sp³-hybridized carbons (Fsp3) is 0.444. The summed E-state index contributed by atoms with van der Waals surface area (Å²) in [5, 5.41) is 0. The number of nitrogens with zero attached hydrogens (tertiary/aromatic N) is 1. The SMILES string of the molecule is Cc1ccc(CN(C)C[C@@]2(c3ccccc3)CCOC2)o1. The van der Waals surface area contributed by atoms with Crippen molar-refractivity contribution in [3.8, 4) is 0 Å². The highest BCUT2D eigenvalue weighted by Gasteiger charge is 2.37. The maximum atomic E-state index is 5.72. The quantitative estimate of drug-likeness (QED) is 0.842. The van der Waals surface area contributed by atoms with Crippen LogP contribution in [-0.4, -0.2) is 31.7 Å². The maximum Gasteiger partial charge on any atom is 0.118 e. The van der Waals surface area contributed by atoms with Crippen LogP contribution in [0.2, 0.25) is 0 Å². The molecule has 1 aliphatic heterocycles. The van der Waals surface area contributed by atoms with Crippen LogP contribution in [0.1, 0.15) is 23.5 Å². The van der Waals surface area contributed by atoms with Crippen LogP contribution in [0.3, 0.4) is 0 Å². The number of hydrogen-bond donors (Lipinski definition) is 0. The second-order valence-electron chi connectivity index (χ2n) is 6.13. The van der Waals surface area contributed by atoms with Crippen LogP contribution in [0, 0.1) is 6.92 Å². The van der Waals surface area contributed by atoms with Gasteiger partial charge in [-0.3, -0.25) is 4.90 Å². The van der Waals surface area contributed by atoms with Crippen LogP contribution >= 0.6 is 0 Å². The molecule has 1 saturated heterocycles. The molecule has 0 radical (unpaired) electrons. The highest BCUT2D eigenvalue weighted by molar-refractivity contribution is 5.27. The van der Waals surface area contributed by atoms with Crippen LogP contribution in [0.4, 0.5) is 0 Å². The molecule has 0 spiro atoms. The van der Waals surface area contributed by atoms with Crippen molar-refractivity contribution in [3.05, 3.63) is 59.5 Å². The van der Waals surface area contributed by atoms with Gasteiger partial charge >= 0.3 is 0 Å². The lowest BCUT2D eigenvalue weighted by Crippen LogP contribution is -2.39. The van der Waals surface area contributed by atoms with E-state index in [1.54, 1.807) is 0 Å². The Morgan fingerprint density at radius 2 is 1.95 bits per heavy atom. The summed E-state index contributed by atoms with van der Waals surface area (Å²) in [6, 6.07) is 14.8. The van der Waals surface area contributed by atoms with Gasteiger partial charge in [-0.1, -0.05) is 30.3 Å².